The third kappa shape index (κ3) is 5.21. The summed E-state index contributed by atoms with van der Waals surface area (Å²) in [5, 5.41) is 0. The molecule has 0 N–H and O–H groups in total. The number of nitrogens with zero attached hydrogens (tertiary/aromatic N) is 2. The van der Waals surface area contributed by atoms with Gasteiger partial charge < -0.3 is 14.5 Å². The Kier molecular flexibility index (Phi) is 6.51. The van der Waals surface area contributed by atoms with Crippen molar-refractivity contribution in [1.29, 1.82) is 0 Å². The average Bonchev–Trinajstić information content (AvgIpc) is 3.21. The van der Waals surface area contributed by atoms with Gasteiger partial charge in [0.2, 0.25) is 0 Å². The Balaban J connectivity index is 1.42. The number of amides is 1. The Bertz CT molecular complexity index is 898. The van der Waals surface area contributed by atoms with Gasteiger partial charge in [0.25, 0.3) is 5.91 Å². The van der Waals surface area contributed by atoms with Crippen LogP contribution in [0.1, 0.15) is 52.7 Å². The van der Waals surface area contributed by atoms with Crippen LogP contribution in [0.15, 0.2) is 42.5 Å². The highest BCUT2D eigenvalue weighted by Gasteiger charge is 2.37. The summed E-state index contributed by atoms with van der Waals surface area (Å²) in [5.41, 5.74) is 0.666. The Morgan fingerprint density at radius 1 is 0.968 bits per heavy atom. The summed E-state index contributed by atoms with van der Waals surface area (Å²) < 4.78 is 46.8. The molecule has 2 aromatic rings. The number of fused-ring (bicyclic) bond motifs is 1. The first-order valence-corrected chi connectivity index (χ1v) is 10.8. The van der Waals surface area contributed by atoms with E-state index in [9.17, 15) is 18.0 Å². The fourth-order valence-electron chi connectivity index (χ4n) is 4.34. The van der Waals surface area contributed by atoms with Crippen molar-refractivity contribution in [3.63, 3.8) is 0 Å². The zero-order chi connectivity index (χ0) is 21.8. The standard InChI is InChI=1S/C24H27F3N2O2/c25-24(26,27)22-15-20(31-14-6-13-28-11-4-1-5-12-28)9-10-21(22)23(30)29-16-18-7-2-3-8-19(18)17-29/h2-3,7-10,15H,1,4-6,11-14,16-17H2. The number of likely N-dealkylation sites (tertiary alicyclic amines) is 1. The van der Waals surface area contributed by atoms with Crippen LogP contribution in [0, 0.1) is 0 Å². The molecule has 0 radical (unpaired) electrons. The molecule has 0 aromatic heterocycles. The molecule has 2 aliphatic rings. The molecule has 0 aliphatic carbocycles. The maximum atomic E-state index is 13.7. The Morgan fingerprint density at radius 3 is 2.29 bits per heavy atom. The smallest absolute Gasteiger partial charge is 0.417 e. The van der Waals surface area contributed by atoms with Crippen molar-refractivity contribution in [3.05, 3.63) is 64.7 Å². The second kappa shape index (κ2) is 9.30. The van der Waals surface area contributed by atoms with Gasteiger partial charge in [-0.2, -0.15) is 13.2 Å². The second-order valence-corrected chi connectivity index (χ2v) is 8.24. The fourth-order valence-corrected chi connectivity index (χ4v) is 4.34. The minimum atomic E-state index is -4.63. The summed E-state index contributed by atoms with van der Waals surface area (Å²) in [5.74, 6) is -0.465. The van der Waals surface area contributed by atoms with E-state index >= 15 is 0 Å². The Morgan fingerprint density at radius 2 is 1.65 bits per heavy atom. The van der Waals surface area contributed by atoms with E-state index in [2.05, 4.69) is 4.90 Å². The van der Waals surface area contributed by atoms with Gasteiger partial charge in [-0.1, -0.05) is 30.7 Å². The third-order valence-electron chi connectivity index (χ3n) is 5.99. The monoisotopic (exact) mass is 432 g/mol. The number of alkyl halides is 3. The maximum Gasteiger partial charge on any atom is 0.417 e. The molecule has 1 saturated heterocycles. The lowest BCUT2D eigenvalue weighted by Gasteiger charge is -2.26. The zero-order valence-corrected chi connectivity index (χ0v) is 17.5. The minimum absolute atomic E-state index is 0.146. The molecule has 0 bridgehead atoms. The lowest BCUT2D eigenvalue weighted by Crippen LogP contribution is -2.31. The van der Waals surface area contributed by atoms with E-state index in [4.69, 9.17) is 4.74 Å². The summed E-state index contributed by atoms with van der Waals surface area (Å²) in [6.45, 7) is 4.04. The normalized spacial score (nSPS) is 16.9. The highest BCUT2D eigenvalue weighted by molar-refractivity contribution is 5.96. The van der Waals surface area contributed by atoms with Crippen molar-refractivity contribution < 1.29 is 22.7 Å². The van der Waals surface area contributed by atoms with Crippen LogP contribution in [-0.2, 0) is 19.3 Å². The van der Waals surface area contributed by atoms with Crippen LogP contribution >= 0.6 is 0 Å². The van der Waals surface area contributed by atoms with Crippen LogP contribution in [0.4, 0.5) is 13.2 Å². The molecule has 0 saturated carbocycles. The minimum Gasteiger partial charge on any atom is -0.494 e. The first-order valence-electron chi connectivity index (χ1n) is 10.8. The number of hydrogen-bond donors (Lipinski definition) is 0. The van der Waals surface area contributed by atoms with Crippen molar-refractivity contribution in [3.8, 4) is 5.75 Å². The van der Waals surface area contributed by atoms with Crippen molar-refractivity contribution in [2.45, 2.75) is 44.9 Å². The molecule has 1 amide bonds. The number of carbonyl (C=O) groups excluding carboxylic acids is 1. The molecule has 0 unspecified atom stereocenters. The zero-order valence-electron chi connectivity index (χ0n) is 17.5. The largest absolute Gasteiger partial charge is 0.494 e. The van der Waals surface area contributed by atoms with Gasteiger partial charge in [0.1, 0.15) is 5.75 Å². The lowest BCUT2D eigenvalue weighted by molar-refractivity contribution is -0.138. The highest BCUT2D eigenvalue weighted by Crippen LogP contribution is 2.36. The highest BCUT2D eigenvalue weighted by atomic mass is 19.4. The topological polar surface area (TPSA) is 32.8 Å². The molecular weight excluding hydrogens is 405 g/mol. The van der Waals surface area contributed by atoms with Crippen molar-refractivity contribution in [2.24, 2.45) is 0 Å². The SMILES string of the molecule is O=C(c1ccc(OCCCN2CCCCC2)cc1C(F)(F)F)N1Cc2ccccc2C1. The van der Waals surface area contributed by atoms with E-state index in [1.165, 1.54) is 36.3 Å². The molecule has 0 spiro atoms. The summed E-state index contributed by atoms with van der Waals surface area (Å²) in [7, 11) is 0. The number of piperidine rings is 1. The Hall–Kier alpha value is -2.54. The van der Waals surface area contributed by atoms with Gasteiger partial charge in [0.05, 0.1) is 17.7 Å². The van der Waals surface area contributed by atoms with Crippen LogP contribution in [0.5, 0.6) is 5.75 Å². The molecule has 1 fully saturated rings. The van der Waals surface area contributed by atoms with Crippen LogP contribution in [0.25, 0.3) is 0 Å². The number of rotatable bonds is 6. The van der Waals surface area contributed by atoms with Gasteiger partial charge in [-0.3, -0.25) is 4.79 Å². The van der Waals surface area contributed by atoms with E-state index in [1.54, 1.807) is 0 Å². The van der Waals surface area contributed by atoms with E-state index in [0.29, 0.717) is 19.7 Å². The molecule has 7 heteroatoms. The number of ether oxygens (including phenoxy) is 1. The molecule has 4 rings (SSSR count). The van der Waals surface area contributed by atoms with Gasteiger partial charge in [0, 0.05) is 19.6 Å². The van der Waals surface area contributed by atoms with Gasteiger partial charge in [-0.25, -0.2) is 0 Å². The van der Waals surface area contributed by atoms with Crippen LogP contribution in [0.2, 0.25) is 0 Å². The van der Waals surface area contributed by atoms with Crippen LogP contribution in [-0.4, -0.2) is 41.9 Å². The van der Waals surface area contributed by atoms with Gasteiger partial charge in [-0.15, -0.1) is 0 Å². The van der Waals surface area contributed by atoms with E-state index in [0.717, 1.165) is 43.2 Å². The van der Waals surface area contributed by atoms with E-state index < -0.39 is 17.6 Å². The molecular formula is C24H27F3N2O2. The third-order valence-corrected chi connectivity index (χ3v) is 5.99. The summed E-state index contributed by atoms with van der Waals surface area (Å²) in [6.07, 6.45) is -0.207. The number of carbonyl (C=O) groups is 1. The first kappa shape index (κ1) is 21.7. The Labute approximate surface area is 180 Å². The molecule has 0 atom stereocenters. The van der Waals surface area contributed by atoms with Crippen LogP contribution in [0.3, 0.4) is 0 Å². The van der Waals surface area contributed by atoms with E-state index in [-0.39, 0.29) is 11.3 Å². The summed E-state index contributed by atoms with van der Waals surface area (Å²) in [6, 6.07) is 11.2. The number of benzene rings is 2. The van der Waals surface area contributed by atoms with Crippen molar-refractivity contribution in [1.82, 2.24) is 9.80 Å². The van der Waals surface area contributed by atoms with Crippen molar-refractivity contribution >= 4 is 5.91 Å². The van der Waals surface area contributed by atoms with Crippen LogP contribution < -0.4 is 4.74 Å². The van der Waals surface area contributed by atoms with Gasteiger partial charge in [-0.05, 0) is 61.7 Å². The number of hydrogen-bond acceptors (Lipinski definition) is 3. The summed E-state index contributed by atoms with van der Waals surface area (Å²) >= 11 is 0. The molecule has 2 aromatic carbocycles. The predicted octanol–water partition coefficient (Wildman–Crippen LogP) is 5.12. The molecule has 4 nitrogen and oxygen atoms in total. The quantitative estimate of drug-likeness (QED) is 0.595. The maximum absolute atomic E-state index is 13.7. The van der Waals surface area contributed by atoms with E-state index in [1.807, 2.05) is 24.3 Å². The van der Waals surface area contributed by atoms with Crippen molar-refractivity contribution in [2.75, 3.05) is 26.2 Å². The molecule has 2 aliphatic heterocycles. The fraction of sp³-hybridized carbons (Fsp3) is 0.458. The second-order valence-electron chi connectivity index (χ2n) is 8.24. The molecule has 31 heavy (non-hydrogen) atoms. The first-order chi connectivity index (χ1) is 14.9. The average molecular weight is 432 g/mol. The van der Waals surface area contributed by atoms with Gasteiger partial charge >= 0.3 is 6.18 Å². The summed E-state index contributed by atoms with van der Waals surface area (Å²) in [4.78, 5) is 16.7. The lowest BCUT2D eigenvalue weighted by atomic mass is 10.1. The predicted molar refractivity (Wildman–Crippen MR) is 112 cm³/mol. The molecule has 166 valence electrons. The number of halogens is 3. The molecule has 2 heterocycles. The van der Waals surface area contributed by atoms with Gasteiger partial charge in [0.15, 0.2) is 0 Å².